The van der Waals surface area contributed by atoms with Crippen LogP contribution in [0.15, 0.2) is 18.2 Å². The van der Waals surface area contributed by atoms with Gasteiger partial charge in [-0.05, 0) is 32.9 Å². The Bertz CT molecular complexity index is 361. The minimum atomic E-state index is -0.591. The fraction of sp³-hybridized carbons (Fsp3) is 0.417. The van der Waals surface area contributed by atoms with Gasteiger partial charge in [0.15, 0.2) is 5.78 Å². The molecule has 0 saturated heterocycles. The Kier molecular flexibility index (Phi) is 3.97. The van der Waals surface area contributed by atoms with E-state index < -0.39 is 11.9 Å². The molecule has 1 atom stereocenters. The summed E-state index contributed by atoms with van der Waals surface area (Å²) in [6, 6.07) is 4.49. The molecule has 0 bridgehead atoms. The van der Waals surface area contributed by atoms with Crippen molar-refractivity contribution in [1.29, 1.82) is 0 Å². The first-order valence-corrected chi connectivity index (χ1v) is 4.98. The molecule has 0 aliphatic heterocycles. The van der Waals surface area contributed by atoms with E-state index in [-0.39, 0.29) is 11.3 Å². The number of carbonyl (C=O) groups is 1. The van der Waals surface area contributed by atoms with Gasteiger partial charge in [0.25, 0.3) is 0 Å². The van der Waals surface area contributed by atoms with Gasteiger partial charge >= 0.3 is 0 Å². The third-order valence-corrected chi connectivity index (χ3v) is 2.17. The fourth-order valence-electron chi connectivity index (χ4n) is 1.37. The number of hydrogen-bond acceptors (Lipinski definition) is 2. The summed E-state index contributed by atoms with van der Waals surface area (Å²) in [5, 5.41) is 0. The van der Waals surface area contributed by atoms with Gasteiger partial charge in [-0.2, -0.15) is 0 Å². The molecule has 0 saturated carbocycles. The van der Waals surface area contributed by atoms with E-state index in [1.54, 1.807) is 26.0 Å². The van der Waals surface area contributed by atoms with Crippen LogP contribution in [0.1, 0.15) is 29.8 Å². The number of Topliss-reactive ketones (excluding diaryl/α,β-unsaturated/α-hetero) is 1. The molecule has 0 spiro atoms. The third kappa shape index (κ3) is 2.86. The summed E-state index contributed by atoms with van der Waals surface area (Å²) >= 11 is 0. The topological polar surface area (TPSA) is 26.3 Å². The van der Waals surface area contributed by atoms with Crippen LogP contribution < -0.4 is 0 Å². The van der Waals surface area contributed by atoms with E-state index in [1.165, 1.54) is 6.07 Å². The summed E-state index contributed by atoms with van der Waals surface area (Å²) in [5.41, 5.74) is 0.972. The molecular formula is C12H15FO2. The van der Waals surface area contributed by atoms with E-state index in [9.17, 15) is 9.18 Å². The molecule has 1 unspecified atom stereocenters. The lowest BCUT2D eigenvalue weighted by atomic mass is 10.0. The average molecular weight is 210 g/mol. The van der Waals surface area contributed by atoms with Crippen molar-refractivity contribution in [2.24, 2.45) is 0 Å². The molecule has 0 fully saturated rings. The quantitative estimate of drug-likeness (QED) is 0.714. The third-order valence-electron chi connectivity index (χ3n) is 2.17. The Balaban J connectivity index is 2.95. The van der Waals surface area contributed by atoms with Gasteiger partial charge in [-0.3, -0.25) is 4.79 Å². The molecule has 0 N–H and O–H groups in total. The van der Waals surface area contributed by atoms with E-state index in [4.69, 9.17) is 4.74 Å². The number of aryl methyl sites for hydroxylation is 1. The second-order valence-electron chi connectivity index (χ2n) is 3.45. The van der Waals surface area contributed by atoms with Crippen LogP contribution in [0.2, 0.25) is 0 Å². The largest absolute Gasteiger partial charge is 0.371 e. The molecular weight excluding hydrogens is 195 g/mol. The fourth-order valence-corrected chi connectivity index (χ4v) is 1.37. The summed E-state index contributed by atoms with van der Waals surface area (Å²) in [4.78, 5) is 11.7. The summed E-state index contributed by atoms with van der Waals surface area (Å²) in [5.74, 6) is -0.796. The molecule has 1 aromatic carbocycles. The van der Waals surface area contributed by atoms with Gasteiger partial charge in [-0.25, -0.2) is 4.39 Å². The van der Waals surface area contributed by atoms with E-state index in [0.717, 1.165) is 5.56 Å². The Labute approximate surface area is 89.1 Å². The van der Waals surface area contributed by atoms with E-state index >= 15 is 0 Å². The zero-order valence-electron chi connectivity index (χ0n) is 9.21. The predicted octanol–water partition coefficient (Wildman–Crippen LogP) is 2.74. The van der Waals surface area contributed by atoms with Crippen molar-refractivity contribution in [3.63, 3.8) is 0 Å². The van der Waals surface area contributed by atoms with Gasteiger partial charge in [-0.15, -0.1) is 0 Å². The van der Waals surface area contributed by atoms with Crippen LogP contribution in [0.3, 0.4) is 0 Å². The number of ether oxygens (including phenoxy) is 1. The SMILES string of the molecule is CCOC(C)C(=O)c1cc(C)ccc1F. The minimum absolute atomic E-state index is 0.107. The molecule has 0 radical (unpaired) electrons. The highest BCUT2D eigenvalue weighted by molar-refractivity contribution is 5.99. The number of halogens is 1. The number of carbonyl (C=O) groups excluding carboxylic acids is 1. The second kappa shape index (κ2) is 5.03. The molecule has 0 heterocycles. The van der Waals surface area contributed by atoms with E-state index in [0.29, 0.717) is 6.61 Å². The second-order valence-corrected chi connectivity index (χ2v) is 3.45. The van der Waals surface area contributed by atoms with Crippen molar-refractivity contribution in [3.8, 4) is 0 Å². The lowest BCUT2D eigenvalue weighted by Crippen LogP contribution is -2.22. The minimum Gasteiger partial charge on any atom is -0.371 e. The van der Waals surface area contributed by atoms with Crippen LogP contribution in [-0.4, -0.2) is 18.5 Å². The highest BCUT2D eigenvalue weighted by Gasteiger charge is 2.18. The molecule has 0 aliphatic rings. The number of rotatable bonds is 4. The van der Waals surface area contributed by atoms with Crippen LogP contribution in [0, 0.1) is 12.7 Å². The number of benzene rings is 1. The van der Waals surface area contributed by atoms with E-state index in [2.05, 4.69) is 0 Å². The summed E-state index contributed by atoms with van der Waals surface area (Å²) in [7, 11) is 0. The molecule has 1 aromatic rings. The van der Waals surface area contributed by atoms with Gasteiger partial charge < -0.3 is 4.74 Å². The molecule has 0 amide bonds. The van der Waals surface area contributed by atoms with Gasteiger partial charge in [0.1, 0.15) is 11.9 Å². The van der Waals surface area contributed by atoms with E-state index in [1.807, 2.05) is 6.92 Å². The van der Waals surface area contributed by atoms with Crippen molar-refractivity contribution in [2.75, 3.05) is 6.61 Å². The van der Waals surface area contributed by atoms with Crippen LogP contribution >= 0.6 is 0 Å². The maximum absolute atomic E-state index is 13.3. The number of ketones is 1. The highest BCUT2D eigenvalue weighted by Crippen LogP contribution is 2.13. The Hall–Kier alpha value is -1.22. The van der Waals surface area contributed by atoms with Crippen molar-refractivity contribution >= 4 is 5.78 Å². The van der Waals surface area contributed by atoms with Crippen molar-refractivity contribution in [3.05, 3.63) is 35.1 Å². The van der Waals surface area contributed by atoms with Crippen LogP contribution in [-0.2, 0) is 4.74 Å². The maximum Gasteiger partial charge on any atom is 0.194 e. The smallest absolute Gasteiger partial charge is 0.194 e. The van der Waals surface area contributed by atoms with Crippen molar-refractivity contribution in [2.45, 2.75) is 26.9 Å². The zero-order valence-corrected chi connectivity index (χ0v) is 9.21. The summed E-state index contributed by atoms with van der Waals surface area (Å²) in [6.45, 7) is 5.70. The summed E-state index contributed by atoms with van der Waals surface area (Å²) in [6.07, 6.45) is -0.591. The van der Waals surface area contributed by atoms with Crippen LogP contribution in [0.25, 0.3) is 0 Å². The lowest BCUT2D eigenvalue weighted by molar-refractivity contribution is 0.0517. The van der Waals surface area contributed by atoms with Crippen LogP contribution in [0.4, 0.5) is 4.39 Å². The predicted molar refractivity (Wildman–Crippen MR) is 56.6 cm³/mol. The number of hydrogen-bond donors (Lipinski definition) is 0. The average Bonchev–Trinajstić information content (AvgIpc) is 2.21. The monoisotopic (exact) mass is 210 g/mol. The molecule has 82 valence electrons. The maximum atomic E-state index is 13.3. The molecule has 1 rings (SSSR count). The Morgan fingerprint density at radius 3 is 2.80 bits per heavy atom. The molecule has 3 heteroatoms. The normalized spacial score (nSPS) is 12.5. The lowest BCUT2D eigenvalue weighted by Gasteiger charge is -2.11. The Morgan fingerprint density at radius 1 is 1.53 bits per heavy atom. The van der Waals surface area contributed by atoms with Crippen molar-refractivity contribution < 1.29 is 13.9 Å². The Morgan fingerprint density at radius 2 is 2.20 bits per heavy atom. The van der Waals surface area contributed by atoms with Gasteiger partial charge in [0, 0.05) is 6.61 Å². The first-order valence-electron chi connectivity index (χ1n) is 4.98. The first kappa shape index (κ1) is 11.9. The van der Waals surface area contributed by atoms with Crippen molar-refractivity contribution in [1.82, 2.24) is 0 Å². The van der Waals surface area contributed by atoms with Gasteiger partial charge in [-0.1, -0.05) is 11.6 Å². The standard InChI is InChI=1S/C12H15FO2/c1-4-15-9(3)12(14)10-7-8(2)5-6-11(10)13/h5-7,9H,4H2,1-3H3. The van der Waals surface area contributed by atoms with Gasteiger partial charge in [0.2, 0.25) is 0 Å². The zero-order chi connectivity index (χ0) is 11.4. The van der Waals surface area contributed by atoms with Crippen LogP contribution in [0.5, 0.6) is 0 Å². The molecule has 0 aromatic heterocycles. The summed E-state index contributed by atoms with van der Waals surface area (Å²) < 4.78 is 18.5. The first-order chi connectivity index (χ1) is 7.06. The molecule has 0 aliphatic carbocycles. The molecule has 2 nitrogen and oxygen atoms in total. The molecule has 15 heavy (non-hydrogen) atoms. The highest BCUT2D eigenvalue weighted by atomic mass is 19.1. The van der Waals surface area contributed by atoms with Gasteiger partial charge in [0.05, 0.1) is 5.56 Å².